The summed E-state index contributed by atoms with van der Waals surface area (Å²) in [6, 6.07) is 8.03. The van der Waals surface area contributed by atoms with Crippen LogP contribution in [0.3, 0.4) is 0 Å². The fourth-order valence-electron chi connectivity index (χ4n) is 1.63. The molecule has 0 atom stereocenters. The average molecular weight is 275 g/mol. The van der Waals surface area contributed by atoms with E-state index in [2.05, 4.69) is 32.7 Å². The number of hydrogen-bond donors (Lipinski definition) is 1. The zero-order valence-corrected chi connectivity index (χ0v) is 12.7. The van der Waals surface area contributed by atoms with Gasteiger partial charge in [-0.3, -0.25) is 4.79 Å². The minimum atomic E-state index is -0.132. The fourth-order valence-corrected chi connectivity index (χ4v) is 1.63. The van der Waals surface area contributed by atoms with Crippen molar-refractivity contribution in [1.29, 1.82) is 0 Å². The van der Waals surface area contributed by atoms with Crippen molar-refractivity contribution in [2.75, 3.05) is 13.2 Å². The van der Waals surface area contributed by atoms with Crippen molar-refractivity contribution in [1.82, 2.24) is 5.32 Å². The van der Waals surface area contributed by atoms with E-state index in [1.165, 1.54) is 11.6 Å². The van der Waals surface area contributed by atoms with Crippen LogP contribution in [0.2, 0.25) is 0 Å². The van der Waals surface area contributed by atoms with E-state index in [1.54, 1.807) is 0 Å². The van der Waals surface area contributed by atoms with Gasteiger partial charge in [0.1, 0.15) is 5.75 Å². The van der Waals surface area contributed by atoms with Gasteiger partial charge in [-0.2, -0.15) is 0 Å². The number of amides is 1. The standard InChI is InChI=1S/C17H25NO2/c1-5-16(19)18-12-10-14-6-8-15(9-7-14)20-13-11-17(2,3)4/h5-9H,1,10-13H2,2-4H3,(H,18,19). The lowest BCUT2D eigenvalue weighted by Gasteiger charge is -2.18. The normalized spacial score (nSPS) is 10.9. The summed E-state index contributed by atoms with van der Waals surface area (Å²) in [7, 11) is 0. The van der Waals surface area contributed by atoms with Gasteiger partial charge in [0.2, 0.25) is 5.91 Å². The van der Waals surface area contributed by atoms with Crippen molar-refractivity contribution >= 4 is 5.91 Å². The van der Waals surface area contributed by atoms with E-state index in [0.717, 1.165) is 25.2 Å². The molecule has 1 aromatic carbocycles. The number of ether oxygens (including phenoxy) is 1. The van der Waals surface area contributed by atoms with Gasteiger partial charge in [-0.1, -0.05) is 39.5 Å². The Morgan fingerprint density at radius 1 is 1.30 bits per heavy atom. The van der Waals surface area contributed by atoms with Gasteiger partial charge in [-0.05, 0) is 42.0 Å². The zero-order chi connectivity index (χ0) is 15.0. The maximum Gasteiger partial charge on any atom is 0.243 e. The monoisotopic (exact) mass is 275 g/mol. The first kappa shape index (κ1) is 16.3. The van der Waals surface area contributed by atoms with Crippen LogP contribution in [0, 0.1) is 5.41 Å². The van der Waals surface area contributed by atoms with E-state index in [0.29, 0.717) is 12.0 Å². The average Bonchev–Trinajstić information content (AvgIpc) is 2.39. The number of carbonyl (C=O) groups excluding carboxylic acids is 1. The third-order valence-corrected chi connectivity index (χ3v) is 2.94. The van der Waals surface area contributed by atoms with Crippen molar-refractivity contribution in [2.45, 2.75) is 33.6 Å². The molecule has 0 radical (unpaired) electrons. The van der Waals surface area contributed by atoms with Crippen LogP contribution in [0.4, 0.5) is 0 Å². The first-order valence-electron chi connectivity index (χ1n) is 7.03. The topological polar surface area (TPSA) is 38.3 Å². The summed E-state index contributed by atoms with van der Waals surface area (Å²) < 4.78 is 5.71. The second-order valence-corrected chi connectivity index (χ2v) is 6.05. The van der Waals surface area contributed by atoms with Crippen molar-refractivity contribution in [3.63, 3.8) is 0 Å². The summed E-state index contributed by atoms with van der Waals surface area (Å²) >= 11 is 0. The Bertz CT molecular complexity index is 429. The molecular formula is C17H25NO2. The largest absolute Gasteiger partial charge is 0.494 e. The molecule has 0 spiro atoms. The molecule has 0 fully saturated rings. The predicted molar refractivity (Wildman–Crippen MR) is 82.9 cm³/mol. The fraction of sp³-hybridized carbons (Fsp3) is 0.471. The highest BCUT2D eigenvalue weighted by molar-refractivity contribution is 5.86. The van der Waals surface area contributed by atoms with E-state index in [-0.39, 0.29) is 5.91 Å². The zero-order valence-electron chi connectivity index (χ0n) is 12.7. The van der Waals surface area contributed by atoms with Gasteiger partial charge >= 0.3 is 0 Å². The van der Waals surface area contributed by atoms with E-state index in [4.69, 9.17) is 4.74 Å². The molecule has 1 N–H and O–H groups in total. The third-order valence-electron chi connectivity index (χ3n) is 2.94. The molecule has 0 aromatic heterocycles. The molecule has 0 unspecified atom stereocenters. The molecule has 0 heterocycles. The lowest BCUT2D eigenvalue weighted by atomic mass is 9.93. The number of benzene rings is 1. The van der Waals surface area contributed by atoms with E-state index in [1.807, 2.05) is 24.3 Å². The molecule has 20 heavy (non-hydrogen) atoms. The van der Waals surface area contributed by atoms with Crippen LogP contribution in [0.15, 0.2) is 36.9 Å². The van der Waals surface area contributed by atoms with E-state index >= 15 is 0 Å². The van der Waals surface area contributed by atoms with Crippen LogP contribution >= 0.6 is 0 Å². The van der Waals surface area contributed by atoms with Crippen molar-refractivity contribution in [3.8, 4) is 5.75 Å². The van der Waals surface area contributed by atoms with Crippen LogP contribution in [0.1, 0.15) is 32.8 Å². The lowest BCUT2D eigenvalue weighted by molar-refractivity contribution is -0.116. The number of carbonyl (C=O) groups is 1. The summed E-state index contributed by atoms with van der Waals surface area (Å²) in [6.45, 7) is 11.4. The van der Waals surface area contributed by atoms with Gasteiger partial charge in [0.25, 0.3) is 0 Å². The first-order valence-corrected chi connectivity index (χ1v) is 7.03. The summed E-state index contributed by atoms with van der Waals surface area (Å²) in [5.41, 5.74) is 1.47. The molecule has 1 rings (SSSR count). The van der Waals surface area contributed by atoms with Gasteiger partial charge in [0, 0.05) is 6.54 Å². The minimum absolute atomic E-state index is 0.132. The van der Waals surface area contributed by atoms with Gasteiger partial charge in [-0.15, -0.1) is 0 Å². The number of hydrogen-bond acceptors (Lipinski definition) is 2. The van der Waals surface area contributed by atoms with Crippen LogP contribution in [-0.4, -0.2) is 19.1 Å². The van der Waals surface area contributed by atoms with E-state index in [9.17, 15) is 4.79 Å². The Morgan fingerprint density at radius 3 is 2.50 bits per heavy atom. The lowest BCUT2D eigenvalue weighted by Crippen LogP contribution is -2.23. The Kier molecular flexibility index (Phi) is 6.29. The first-order chi connectivity index (χ1) is 9.40. The number of nitrogens with one attached hydrogen (secondary N) is 1. The second kappa shape index (κ2) is 7.73. The van der Waals surface area contributed by atoms with Crippen LogP contribution < -0.4 is 10.1 Å². The Labute approximate surface area is 122 Å². The third kappa shape index (κ3) is 6.98. The van der Waals surface area contributed by atoms with Crippen LogP contribution in [0.25, 0.3) is 0 Å². The molecule has 0 aliphatic heterocycles. The van der Waals surface area contributed by atoms with Crippen molar-refractivity contribution in [2.24, 2.45) is 5.41 Å². The Balaban J connectivity index is 2.33. The maximum atomic E-state index is 11.0. The maximum absolute atomic E-state index is 11.0. The van der Waals surface area contributed by atoms with Crippen molar-refractivity contribution < 1.29 is 9.53 Å². The molecule has 0 bridgehead atoms. The Morgan fingerprint density at radius 2 is 1.95 bits per heavy atom. The molecule has 3 heteroatoms. The SMILES string of the molecule is C=CC(=O)NCCc1ccc(OCCC(C)(C)C)cc1. The summed E-state index contributed by atoms with van der Waals surface area (Å²) in [5.74, 6) is 0.764. The molecule has 1 aromatic rings. The highest BCUT2D eigenvalue weighted by Crippen LogP contribution is 2.19. The molecule has 0 saturated heterocycles. The smallest absolute Gasteiger partial charge is 0.243 e. The molecule has 0 aliphatic rings. The van der Waals surface area contributed by atoms with E-state index < -0.39 is 0 Å². The van der Waals surface area contributed by atoms with Crippen molar-refractivity contribution in [3.05, 3.63) is 42.5 Å². The quantitative estimate of drug-likeness (QED) is 0.775. The molecular weight excluding hydrogens is 250 g/mol. The molecule has 0 aliphatic carbocycles. The summed E-state index contributed by atoms with van der Waals surface area (Å²) in [4.78, 5) is 11.0. The highest BCUT2D eigenvalue weighted by atomic mass is 16.5. The van der Waals surface area contributed by atoms with Gasteiger partial charge in [0.05, 0.1) is 6.61 Å². The molecule has 1 amide bonds. The molecule has 110 valence electrons. The highest BCUT2D eigenvalue weighted by Gasteiger charge is 2.09. The predicted octanol–water partition coefficient (Wildman–Crippen LogP) is 3.35. The van der Waals surface area contributed by atoms with Gasteiger partial charge in [-0.25, -0.2) is 0 Å². The molecule has 0 saturated carbocycles. The molecule has 3 nitrogen and oxygen atoms in total. The summed E-state index contributed by atoms with van der Waals surface area (Å²) in [5, 5.41) is 2.76. The minimum Gasteiger partial charge on any atom is -0.494 e. The number of rotatable bonds is 7. The second-order valence-electron chi connectivity index (χ2n) is 6.05. The van der Waals surface area contributed by atoms with Crippen LogP contribution in [-0.2, 0) is 11.2 Å². The van der Waals surface area contributed by atoms with Gasteiger partial charge < -0.3 is 10.1 Å². The van der Waals surface area contributed by atoms with Gasteiger partial charge in [0.15, 0.2) is 0 Å². The Hall–Kier alpha value is -1.77. The summed E-state index contributed by atoms with van der Waals surface area (Å²) in [6.07, 6.45) is 3.12. The van der Waals surface area contributed by atoms with Crippen LogP contribution in [0.5, 0.6) is 5.75 Å².